The molecule has 0 bridgehead atoms. The maximum absolute atomic E-state index is 12.6. The highest BCUT2D eigenvalue weighted by atomic mass is 32.1. The molecule has 1 rings (SSSR count). The van der Waals surface area contributed by atoms with Gasteiger partial charge in [-0.25, -0.2) is 9.10 Å². The first-order valence-electron chi connectivity index (χ1n) is 7.97. The molecule has 0 saturated heterocycles. The average molecular weight is 338 g/mol. The molecular weight excluding hydrogens is 312 g/mol. The topological polar surface area (TPSA) is 64.7 Å². The molecule has 0 aliphatic heterocycles. The summed E-state index contributed by atoms with van der Waals surface area (Å²) in [4.78, 5) is 24.7. The third kappa shape index (κ3) is 6.40. The van der Waals surface area contributed by atoms with Crippen LogP contribution in [0.3, 0.4) is 0 Å². The molecule has 0 saturated carbocycles. The first kappa shape index (κ1) is 19.2. The quantitative estimate of drug-likeness (QED) is 0.348. The molecule has 0 aliphatic carbocycles. The lowest BCUT2D eigenvalue weighted by Gasteiger charge is -2.27. The SMILES string of the molecule is CCCCN(CCCC)C(=O)N(S)c1ccc(NNC=O)cc1. The van der Waals surface area contributed by atoms with Crippen molar-refractivity contribution >= 4 is 36.6 Å². The predicted octanol–water partition coefficient (Wildman–Crippen LogP) is 3.43. The zero-order valence-electron chi connectivity index (χ0n) is 13.8. The number of nitrogens with zero attached hydrogens (tertiary/aromatic N) is 2. The van der Waals surface area contributed by atoms with Gasteiger partial charge in [0, 0.05) is 13.1 Å². The first-order valence-corrected chi connectivity index (χ1v) is 8.37. The summed E-state index contributed by atoms with van der Waals surface area (Å²) in [6, 6.07) is 6.98. The fraction of sp³-hybridized carbons (Fsp3) is 0.500. The number of urea groups is 1. The van der Waals surface area contributed by atoms with E-state index in [9.17, 15) is 9.59 Å². The van der Waals surface area contributed by atoms with Crippen molar-refractivity contribution in [2.24, 2.45) is 0 Å². The summed E-state index contributed by atoms with van der Waals surface area (Å²) < 4.78 is 1.36. The molecule has 0 fully saturated rings. The summed E-state index contributed by atoms with van der Waals surface area (Å²) in [6.07, 6.45) is 4.62. The highest BCUT2D eigenvalue weighted by molar-refractivity contribution is 7.82. The van der Waals surface area contributed by atoms with Gasteiger partial charge in [-0.15, -0.1) is 0 Å². The van der Waals surface area contributed by atoms with Crippen LogP contribution in [-0.2, 0) is 4.79 Å². The van der Waals surface area contributed by atoms with E-state index in [0.717, 1.165) is 44.5 Å². The van der Waals surface area contributed by atoms with Crippen molar-refractivity contribution < 1.29 is 9.59 Å². The normalized spacial score (nSPS) is 10.0. The van der Waals surface area contributed by atoms with Gasteiger partial charge < -0.3 is 4.90 Å². The van der Waals surface area contributed by atoms with Gasteiger partial charge in [-0.2, -0.15) is 0 Å². The summed E-state index contributed by atoms with van der Waals surface area (Å²) in [6.45, 7) is 5.71. The fourth-order valence-electron chi connectivity index (χ4n) is 2.04. The van der Waals surface area contributed by atoms with E-state index >= 15 is 0 Å². The number of carbonyl (C=O) groups excluding carboxylic acids is 2. The minimum absolute atomic E-state index is 0.109. The fourth-order valence-corrected chi connectivity index (χ4v) is 2.30. The van der Waals surface area contributed by atoms with Crippen LogP contribution in [0, 0.1) is 0 Å². The lowest BCUT2D eigenvalue weighted by atomic mass is 10.2. The van der Waals surface area contributed by atoms with Gasteiger partial charge in [0.1, 0.15) is 0 Å². The molecular formula is C16H26N4O2S. The molecule has 0 aliphatic rings. The van der Waals surface area contributed by atoms with E-state index < -0.39 is 0 Å². The van der Waals surface area contributed by atoms with Gasteiger partial charge in [-0.3, -0.25) is 15.6 Å². The third-order valence-corrected chi connectivity index (χ3v) is 3.80. The van der Waals surface area contributed by atoms with Crippen LogP contribution in [0.4, 0.5) is 16.2 Å². The zero-order chi connectivity index (χ0) is 17.1. The average Bonchev–Trinajstić information content (AvgIpc) is 2.59. The Hall–Kier alpha value is -1.89. The number of nitrogens with one attached hydrogen (secondary N) is 2. The lowest BCUT2D eigenvalue weighted by Crippen LogP contribution is -2.40. The van der Waals surface area contributed by atoms with Crippen LogP contribution in [0.25, 0.3) is 0 Å². The maximum atomic E-state index is 12.6. The van der Waals surface area contributed by atoms with Crippen molar-refractivity contribution in [3.63, 3.8) is 0 Å². The second-order valence-electron chi connectivity index (χ2n) is 5.22. The number of anilines is 2. The number of carbonyl (C=O) groups is 2. The molecule has 0 heterocycles. The van der Waals surface area contributed by atoms with Crippen LogP contribution < -0.4 is 15.2 Å². The number of thiol groups is 1. The number of rotatable bonds is 10. The van der Waals surface area contributed by atoms with E-state index in [1.165, 1.54) is 4.31 Å². The minimum atomic E-state index is -0.109. The van der Waals surface area contributed by atoms with Crippen molar-refractivity contribution in [2.75, 3.05) is 22.8 Å². The number of hydrazine groups is 1. The van der Waals surface area contributed by atoms with E-state index in [2.05, 4.69) is 37.5 Å². The number of hydrogen-bond donors (Lipinski definition) is 3. The van der Waals surface area contributed by atoms with Crippen molar-refractivity contribution in [2.45, 2.75) is 39.5 Å². The first-order chi connectivity index (χ1) is 11.1. The molecule has 1 aromatic carbocycles. The number of unbranched alkanes of at least 4 members (excludes halogenated alkanes) is 2. The summed E-state index contributed by atoms with van der Waals surface area (Å²) >= 11 is 4.35. The van der Waals surface area contributed by atoms with Gasteiger partial charge in [-0.05, 0) is 37.1 Å². The van der Waals surface area contributed by atoms with Crippen LogP contribution in [-0.4, -0.2) is 30.4 Å². The molecule has 128 valence electrons. The largest absolute Gasteiger partial charge is 0.334 e. The molecule has 0 radical (unpaired) electrons. The Morgan fingerprint density at radius 1 is 1.13 bits per heavy atom. The Morgan fingerprint density at radius 2 is 1.70 bits per heavy atom. The maximum Gasteiger partial charge on any atom is 0.334 e. The van der Waals surface area contributed by atoms with Crippen LogP contribution in [0.1, 0.15) is 39.5 Å². The highest BCUT2D eigenvalue weighted by Crippen LogP contribution is 2.21. The van der Waals surface area contributed by atoms with E-state index in [0.29, 0.717) is 12.1 Å². The standard InChI is InChI=1S/C16H26N4O2S/c1-3-5-11-19(12-6-4-2)16(22)20(23)15-9-7-14(8-10-15)18-17-13-21/h7-10,13,18,23H,3-6,11-12H2,1-2H3,(H,17,21). The molecule has 1 aromatic rings. The number of hydrogen-bond acceptors (Lipinski definition) is 4. The van der Waals surface area contributed by atoms with Gasteiger partial charge in [0.25, 0.3) is 0 Å². The molecule has 0 spiro atoms. The Labute approximate surface area is 143 Å². The zero-order valence-corrected chi connectivity index (χ0v) is 14.7. The van der Waals surface area contributed by atoms with E-state index in [1.807, 2.05) is 4.90 Å². The van der Waals surface area contributed by atoms with Gasteiger partial charge >= 0.3 is 6.03 Å². The molecule has 23 heavy (non-hydrogen) atoms. The molecule has 0 aromatic heterocycles. The van der Waals surface area contributed by atoms with Crippen molar-refractivity contribution in [1.82, 2.24) is 10.3 Å². The third-order valence-electron chi connectivity index (χ3n) is 3.40. The van der Waals surface area contributed by atoms with Crippen LogP contribution >= 0.6 is 12.8 Å². The van der Waals surface area contributed by atoms with Crippen LogP contribution in [0.15, 0.2) is 24.3 Å². The second-order valence-corrected chi connectivity index (χ2v) is 5.62. The molecule has 6 nitrogen and oxygen atoms in total. The van der Waals surface area contributed by atoms with Crippen molar-refractivity contribution in [3.8, 4) is 0 Å². The van der Waals surface area contributed by atoms with E-state index in [4.69, 9.17) is 0 Å². The Balaban J connectivity index is 2.72. The van der Waals surface area contributed by atoms with Gasteiger partial charge in [-0.1, -0.05) is 39.5 Å². The monoisotopic (exact) mass is 338 g/mol. The van der Waals surface area contributed by atoms with Gasteiger partial charge in [0.15, 0.2) is 0 Å². The van der Waals surface area contributed by atoms with Crippen molar-refractivity contribution in [3.05, 3.63) is 24.3 Å². The predicted molar refractivity (Wildman–Crippen MR) is 97.5 cm³/mol. The summed E-state index contributed by atoms with van der Waals surface area (Å²) in [5.41, 5.74) is 6.49. The summed E-state index contributed by atoms with van der Waals surface area (Å²) in [5.74, 6) is 0. The van der Waals surface area contributed by atoms with Crippen molar-refractivity contribution in [1.29, 1.82) is 0 Å². The van der Waals surface area contributed by atoms with Gasteiger partial charge in [0.05, 0.1) is 11.4 Å². The van der Waals surface area contributed by atoms with E-state index in [1.54, 1.807) is 24.3 Å². The van der Waals surface area contributed by atoms with E-state index in [-0.39, 0.29) is 6.03 Å². The summed E-state index contributed by atoms with van der Waals surface area (Å²) in [7, 11) is 0. The molecule has 3 amide bonds. The summed E-state index contributed by atoms with van der Waals surface area (Å²) in [5, 5.41) is 0. The Kier molecular flexibility index (Phi) is 8.97. The molecule has 0 atom stereocenters. The Morgan fingerprint density at radius 3 is 2.17 bits per heavy atom. The van der Waals surface area contributed by atoms with Crippen LogP contribution in [0.5, 0.6) is 0 Å². The number of benzene rings is 1. The van der Waals surface area contributed by atoms with Gasteiger partial charge in [0.2, 0.25) is 6.41 Å². The molecule has 0 unspecified atom stereocenters. The second kappa shape index (κ2) is 10.8. The highest BCUT2D eigenvalue weighted by Gasteiger charge is 2.19. The molecule has 2 N–H and O–H groups in total. The minimum Gasteiger partial charge on any atom is -0.324 e. The van der Waals surface area contributed by atoms with Crippen LogP contribution in [0.2, 0.25) is 0 Å². The molecule has 7 heteroatoms. The smallest absolute Gasteiger partial charge is 0.324 e. The lowest BCUT2D eigenvalue weighted by molar-refractivity contribution is -0.109. The Bertz CT molecular complexity index is 473. The number of amides is 3.